The monoisotopic (exact) mass is 382 g/mol. The number of fused-ring (bicyclic) bond motifs is 4. The van der Waals surface area contributed by atoms with Crippen molar-refractivity contribution in [1.82, 2.24) is 0 Å². The lowest BCUT2D eigenvalue weighted by Gasteiger charge is -2.19. The van der Waals surface area contributed by atoms with Crippen LogP contribution in [0.1, 0.15) is 28.2 Å². The van der Waals surface area contributed by atoms with Crippen molar-refractivity contribution in [2.75, 3.05) is 0 Å². The number of rotatable bonds is 2. The second-order valence-electron chi connectivity index (χ2n) is 8.19. The zero-order chi connectivity index (χ0) is 20.1. The van der Waals surface area contributed by atoms with Crippen molar-refractivity contribution in [2.24, 2.45) is 0 Å². The molecule has 0 saturated heterocycles. The molecule has 0 N–H and O–H groups in total. The summed E-state index contributed by atoms with van der Waals surface area (Å²) in [4.78, 5) is 0. The van der Waals surface area contributed by atoms with Gasteiger partial charge in [0.15, 0.2) is 0 Å². The van der Waals surface area contributed by atoms with E-state index in [2.05, 4.69) is 116 Å². The van der Waals surface area contributed by atoms with E-state index < -0.39 is 0 Å². The summed E-state index contributed by atoms with van der Waals surface area (Å²) in [6, 6.07) is 35.4. The minimum absolute atomic E-state index is 0.299. The van der Waals surface area contributed by atoms with Crippen molar-refractivity contribution in [1.29, 1.82) is 0 Å². The molecule has 0 amide bonds. The van der Waals surface area contributed by atoms with Crippen LogP contribution in [0.3, 0.4) is 0 Å². The average molecular weight is 383 g/mol. The van der Waals surface area contributed by atoms with Crippen LogP contribution in [0.4, 0.5) is 0 Å². The first-order valence-electron chi connectivity index (χ1n) is 10.6. The predicted octanol–water partition coefficient (Wildman–Crippen LogP) is 8.13. The second-order valence-corrected chi connectivity index (χ2v) is 8.19. The Bertz CT molecular complexity index is 1450. The summed E-state index contributed by atoms with van der Waals surface area (Å²) in [5.74, 6) is 0.299. The summed E-state index contributed by atoms with van der Waals surface area (Å²) in [7, 11) is 0. The van der Waals surface area contributed by atoms with E-state index in [1.165, 1.54) is 54.9 Å². The highest BCUT2D eigenvalue weighted by Crippen LogP contribution is 2.44. The minimum atomic E-state index is 0.299. The van der Waals surface area contributed by atoms with Gasteiger partial charge in [0.1, 0.15) is 0 Å². The maximum absolute atomic E-state index is 2.36. The number of hydrogen-bond acceptors (Lipinski definition) is 0. The third-order valence-electron chi connectivity index (χ3n) is 6.52. The Balaban J connectivity index is 1.63. The van der Waals surface area contributed by atoms with Gasteiger partial charge in [-0.2, -0.15) is 0 Å². The first-order chi connectivity index (χ1) is 14.8. The minimum Gasteiger partial charge on any atom is -0.0720 e. The van der Waals surface area contributed by atoms with Gasteiger partial charge in [0.2, 0.25) is 0 Å². The molecule has 1 aliphatic rings. The standard InChI is InChI=1S/C30H22/c1-20-8-2-4-11-23(20)29-19-17-22-10-6-15-28(30(22)29)26-14-7-13-25-24-12-5-3-9-21(24)16-18-27(25)26/h2-19,29H,1H3. The molecule has 0 nitrogen and oxygen atoms in total. The maximum atomic E-state index is 2.36. The van der Waals surface area contributed by atoms with Gasteiger partial charge in [-0.15, -0.1) is 0 Å². The van der Waals surface area contributed by atoms with Gasteiger partial charge < -0.3 is 0 Å². The van der Waals surface area contributed by atoms with Gasteiger partial charge in [0.25, 0.3) is 0 Å². The zero-order valence-corrected chi connectivity index (χ0v) is 17.0. The van der Waals surface area contributed by atoms with Gasteiger partial charge in [-0.1, -0.05) is 109 Å². The van der Waals surface area contributed by atoms with Crippen LogP contribution in [0.2, 0.25) is 0 Å². The average Bonchev–Trinajstić information content (AvgIpc) is 3.23. The molecular weight excluding hydrogens is 360 g/mol. The Hall–Kier alpha value is -3.64. The number of allylic oxidation sites excluding steroid dienone is 1. The maximum Gasteiger partial charge on any atom is 0.0287 e. The van der Waals surface area contributed by atoms with Crippen molar-refractivity contribution < 1.29 is 0 Å². The molecule has 0 aromatic heterocycles. The van der Waals surface area contributed by atoms with Crippen molar-refractivity contribution in [3.05, 3.63) is 125 Å². The lowest BCUT2D eigenvalue weighted by molar-refractivity contribution is 1.03. The summed E-state index contributed by atoms with van der Waals surface area (Å²) in [5.41, 5.74) is 8.15. The Morgan fingerprint density at radius 2 is 1.33 bits per heavy atom. The van der Waals surface area contributed by atoms with E-state index in [1.807, 2.05) is 0 Å². The molecule has 0 aliphatic heterocycles. The van der Waals surface area contributed by atoms with Crippen LogP contribution in [0.5, 0.6) is 0 Å². The Morgan fingerprint density at radius 1 is 0.567 bits per heavy atom. The van der Waals surface area contributed by atoms with Gasteiger partial charge in [-0.05, 0) is 61.8 Å². The van der Waals surface area contributed by atoms with Crippen molar-refractivity contribution in [2.45, 2.75) is 12.8 Å². The molecule has 30 heavy (non-hydrogen) atoms. The molecule has 5 aromatic carbocycles. The topological polar surface area (TPSA) is 0 Å². The molecule has 0 radical (unpaired) electrons. The predicted molar refractivity (Wildman–Crippen MR) is 129 cm³/mol. The summed E-state index contributed by atoms with van der Waals surface area (Å²) in [6.45, 7) is 2.22. The van der Waals surface area contributed by atoms with Crippen LogP contribution >= 0.6 is 0 Å². The third kappa shape index (κ3) is 2.54. The summed E-state index contributed by atoms with van der Waals surface area (Å²) < 4.78 is 0. The van der Waals surface area contributed by atoms with Gasteiger partial charge in [0.05, 0.1) is 0 Å². The molecule has 0 bridgehead atoms. The SMILES string of the molecule is Cc1ccccc1C1C=Cc2cccc(-c3cccc4c3ccc3ccccc34)c21. The summed E-state index contributed by atoms with van der Waals surface area (Å²) in [5, 5.41) is 5.25. The quantitative estimate of drug-likeness (QED) is 0.270. The van der Waals surface area contributed by atoms with E-state index in [1.54, 1.807) is 0 Å². The van der Waals surface area contributed by atoms with Crippen molar-refractivity contribution in [3.63, 3.8) is 0 Å². The highest BCUT2D eigenvalue weighted by molar-refractivity contribution is 6.12. The smallest absolute Gasteiger partial charge is 0.0287 e. The van der Waals surface area contributed by atoms with E-state index in [-0.39, 0.29) is 0 Å². The van der Waals surface area contributed by atoms with E-state index in [0.29, 0.717) is 5.92 Å². The Labute approximate surface area is 177 Å². The van der Waals surface area contributed by atoms with E-state index in [9.17, 15) is 0 Å². The molecule has 0 heterocycles. The zero-order valence-electron chi connectivity index (χ0n) is 17.0. The fraction of sp³-hybridized carbons (Fsp3) is 0.0667. The first-order valence-corrected chi connectivity index (χ1v) is 10.6. The largest absolute Gasteiger partial charge is 0.0720 e. The molecule has 0 heteroatoms. The summed E-state index contributed by atoms with van der Waals surface area (Å²) in [6.07, 6.45) is 4.65. The van der Waals surface area contributed by atoms with E-state index in [4.69, 9.17) is 0 Å². The highest BCUT2D eigenvalue weighted by atomic mass is 14.3. The van der Waals surface area contributed by atoms with Gasteiger partial charge in [-0.3, -0.25) is 0 Å². The second kappa shape index (κ2) is 6.71. The highest BCUT2D eigenvalue weighted by Gasteiger charge is 2.24. The lowest BCUT2D eigenvalue weighted by atomic mass is 9.84. The van der Waals surface area contributed by atoms with Crippen LogP contribution in [0, 0.1) is 6.92 Å². The molecule has 1 unspecified atom stereocenters. The molecule has 0 saturated carbocycles. The molecule has 142 valence electrons. The number of hydrogen-bond donors (Lipinski definition) is 0. The van der Waals surface area contributed by atoms with Gasteiger partial charge in [-0.25, -0.2) is 0 Å². The Kier molecular flexibility index (Phi) is 3.86. The Morgan fingerprint density at radius 3 is 2.27 bits per heavy atom. The van der Waals surface area contributed by atoms with Crippen LogP contribution in [-0.2, 0) is 0 Å². The van der Waals surface area contributed by atoms with Gasteiger partial charge in [0, 0.05) is 5.92 Å². The molecule has 0 spiro atoms. The van der Waals surface area contributed by atoms with Crippen LogP contribution in [-0.4, -0.2) is 0 Å². The number of aryl methyl sites for hydroxylation is 1. The van der Waals surface area contributed by atoms with Crippen LogP contribution in [0.15, 0.2) is 103 Å². The normalized spacial score (nSPS) is 15.0. The van der Waals surface area contributed by atoms with E-state index in [0.717, 1.165) is 0 Å². The molecule has 1 aliphatic carbocycles. The molecule has 6 rings (SSSR count). The fourth-order valence-electron chi connectivity index (χ4n) is 5.08. The fourth-order valence-corrected chi connectivity index (χ4v) is 5.08. The number of benzene rings is 5. The van der Waals surface area contributed by atoms with Crippen LogP contribution < -0.4 is 0 Å². The van der Waals surface area contributed by atoms with Crippen molar-refractivity contribution in [3.8, 4) is 11.1 Å². The molecule has 0 fully saturated rings. The van der Waals surface area contributed by atoms with Crippen LogP contribution in [0.25, 0.3) is 38.7 Å². The van der Waals surface area contributed by atoms with E-state index >= 15 is 0 Å². The summed E-state index contributed by atoms with van der Waals surface area (Å²) >= 11 is 0. The lowest BCUT2D eigenvalue weighted by Crippen LogP contribution is -2.01. The van der Waals surface area contributed by atoms with Gasteiger partial charge >= 0.3 is 0 Å². The van der Waals surface area contributed by atoms with Crippen molar-refractivity contribution >= 4 is 27.6 Å². The third-order valence-corrected chi connectivity index (χ3v) is 6.52. The first kappa shape index (κ1) is 17.2. The molecule has 5 aromatic rings. The molecule has 1 atom stereocenters. The molecular formula is C30H22.